The van der Waals surface area contributed by atoms with Crippen LogP contribution in [0.4, 0.5) is 0 Å². The summed E-state index contributed by atoms with van der Waals surface area (Å²) in [5.74, 6) is -0.911. The Kier molecular flexibility index (Phi) is 11.0. The number of carbonyl (C=O) groups excluding carboxylic acids is 2. The molecule has 8 nitrogen and oxygen atoms in total. The van der Waals surface area contributed by atoms with Gasteiger partial charge in [0.25, 0.3) is 11.8 Å². The van der Waals surface area contributed by atoms with E-state index >= 15 is 0 Å². The van der Waals surface area contributed by atoms with Gasteiger partial charge in [0.15, 0.2) is 0 Å². The molecule has 1 aromatic carbocycles. The molecular formula is C23H22Cl2KN5O3S2. The molecule has 2 N–H and O–H groups in total. The van der Waals surface area contributed by atoms with E-state index in [0.717, 1.165) is 37.5 Å². The number of hydrogen-bond acceptors (Lipinski definition) is 8. The van der Waals surface area contributed by atoms with Crippen LogP contribution in [-0.4, -0.2) is 60.7 Å². The van der Waals surface area contributed by atoms with Gasteiger partial charge in [-0.15, -0.1) is 22.7 Å². The van der Waals surface area contributed by atoms with Gasteiger partial charge in [0.05, 0.1) is 25.5 Å². The fraction of sp³-hybridized carbons (Fsp3) is 0.261. The summed E-state index contributed by atoms with van der Waals surface area (Å²) in [6, 6.07) is 8.20. The second-order valence-corrected chi connectivity index (χ2v) is 10.7. The number of likely N-dealkylation sites (N-methyl/N-ethyl adjacent to an activating group) is 1. The van der Waals surface area contributed by atoms with Gasteiger partial charge in [-0.3, -0.25) is 15.0 Å². The van der Waals surface area contributed by atoms with Crippen LogP contribution in [0.1, 0.15) is 31.8 Å². The Labute approximate surface area is 269 Å². The van der Waals surface area contributed by atoms with Crippen molar-refractivity contribution in [2.24, 2.45) is 5.10 Å². The topological polar surface area (TPSA) is 100 Å². The molecule has 0 spiro atoms. The predicted molar refractivity (Wildman–Crippen MR) is 140 cm³/mol. The van der Waals surface area contributed by atoms with Crippen molar-refractivity contribution >= 4 is 63.4 Å². The molecule has 0 bridgehead atoms. The molecule has 1 saturated heterocycles. The number of rotatable bonds is 6. The van der Waals surface area contributed by atoms with Crippen molar-refractivity contribution in [1.29, 1.82) is 0 Å². The van der Waals surface area contributed by atoms with E-state index in [-0.39, 0.29) is 63.0 Å². The van der Waals surface area contributed by atoms with E-state index in [1.165, 1.54) is 11.3 Å². The van der Waals surface area contributed by atoms with Crippen molar-refractivity contribution in [2.45, 2.75) is 6.92 Å². The number of hydrazone groups is 1. The summed E-state index contributed by atoms with van der Waals surface area (Å²) in [5, 5.41) is 21.3. The van der Waals surface area contributed by atoms with E-state index in [4.69, 9.17) is 23.2 Å². The largest absolute Gasteiger partial charge is 1.00 e. The van der Waals surface area contributed by atoms with Crippen LogP contribution in [0.15, 0.2) is 40.8 Å². The summed E-state index contributed by atoms with van der Waals surface area (Å²) in [6.07, 6.45) is 0. The molecule has 3 aromatic rings. The first-order valence-electron chi connectivity index (χ1n) is 10.7. The maximum atomic E-state index is 12.9. The Morgan fingerprint density at radius 1 is 1.03 bits per heavy atom. The average molecular weight is 591 g/mol. The van der Waals surface area contributed by atoms with Crippen LogP contribution in [0.25, 0.3) is 10.4 Å². The van der Waals surface area contributed by atoms with Crippen LogP contribution in [-0.2, 0) is 0 Å². The third-order valence-electron chi connectivity index (χ3n) is 5.46. The molecular weight excluding hydrogens is 568 g/mol. The third-order valence-corrected chi connectivity index (χ3v) is 8.29. The van der Waals surface area contributed by atoms with Crippen molar-refractivity contribution in [3.63, 3.8) is 0 Å². The Morgan fingerprint density at radius 2 is 1.69 bits per heavy atom. The SMILES string of the molecule is C/C(=N\NC(=O)c1ccc(C(=O)NN2CCN(C)CC2)s1)c1csc(-c2ccc(Cl)c(Cl)c2)c1[O-].[K+]. The first-order valence-corrected chi connectivity index (χ1v) is 13.1. The molecule has 1 fully saturated rings. The number of hydrogen-bond donors (Lipinski definition) is 2. The maximum absolute atomic E-state index is 12.9. The Bertz CT molecular complexity index is 1290. The number of amides is 2. The minimum atomic E-state index is -0.458. The molecule has 3 heterocycles. The van der Waals surface area contributed by atoms with Gasteiger partial charge in [0, 0.05) is 36.6 Å². The number of hydrazine groups is 1. The van der Waals surface area contributed by atoms with Gasteiger partial charge >= 0.3 is 51.4 Å². The summed E-state index contributed by atoms with van der Waals surface area (Å²) < 4.78 is 0. The van der Waals surface area contributed by atoms with Crippen molar-refractivity contribution in [3.05, 3.63) is 61.1 Å². The monoisotopic (exact) mass is 589 g/mol. The summed E-state index contributed by atoms with van der Waals surface area (Å²) in [4.78, 5) is 28.6. The van der Waals surface area contributed by atoms with Crippen molar-refractivity contribution in [1.82, 2.24) is 20.8 Å². The van der Waals surface area contributed by atoms with Gasteiger partial charge in [-0.25, -0.2) is 10.4 Å². The number of carbonyl (C=O) groups is 2. The second-order valence-electron chi connectivity index (χ2n) is 7.97. The number of piperazine rings is 1. The number of nitrogens with one attached hydrogen (secondary N) is 2. The molecule has 0 saturated carbocycles. The molecule has 0 unspecified atom stereocenters. The van der Waals surface area contributed by atoms with E-state index < -0.39 is 5.91 Å². The summed E-state index contributed by atoms with van der Waals surface area (Å²) in [5.41, 5.74) is 6.77. The molecule has 184 valence electrons. The first kappa shape index (κ1) is 29.7. The second kappa shape index (κ2) is 13.3. The van der Waals surface area contributed by atoms with Crippen LogP contribution < -0.4 is 67.3 Å². The van der Waals surface area contributed by atoms with Crippen LogP contribution in [0, 0.1) is 0 Å². The summed E-state index contributed by atoms with van der Waals surface area (Å²) in [6.45, 7) is 4.88. The predicted octanol–water partition coefficient (Wildman–Crippen LogP) is 0.907. The number of benzene rings is 1. The summed E-state index contributed by atoms with van der Waals surface area (Å²) in [7, 11) is 2.04. The minimum absolute atomic E-state index is 0. The molecule has 0 aliphatic carbocycles. The van der Waals surface area contributed by atoms with E-state index in [0.29, 0.717) is 41.5 Å². The van der Waals surface area contributed by atoms with Crippen molar-refractivity contribution < 1.29 is 66.1 Å². The molecule has 13 heteroatoms. The number of thiophene rings is 2. The molecule has 4 rings (SSSR count). The van der Waals surface area contributed by atoms with Crippen LogP contribution in [0.2, 0.25) is 10.0 Å². The van der Waals surface area contributed by atoms with Gasteiger partial charge in [0.2, 0.25) is 0 Å². The zero-order chi connectivity index (χ0) is 25.1. The fourth-order valence-electron chi connectivity index (χ4n) is 3.38. The normalized spacial score (nSPS) is 14.8. The molecule has 1 aliphatic heterocycles. The van der Waals surface area contributed by atoms with Gasteiger partial charge in [0.1, 0.15) is 0 Å². The average Bonchev–Trinajstić information content (AvgIpc) is 3.48. The maximum Gasteiger partial charge on any atom is 1.00 e. The zero-order valence-electron chi connectivity index (χ0n) is 19.9. The van der Waals surface area contributed by atoms with Gasteiger partial charge in [-0.05, 0) is 49.2 Å². The van der Waals surface area contributed by atoms with Crippen molar-refractivity contribution in [3.8, 4) is 16.2 Å². The third kappa shape index (κ3) is 7.17. The van der Waals surface area contributed by atoms with E-state index in [2.05, 4.69) is 20.9 Å². The van der Waals surface area contributed by atoms with Crippen LogP contribution >= 0.6 is 45.9 Å². The molecule has 0 atom stereocenters. The molecule has 0 radical (unpaired) electrons. The Balaban J connectivity index is 0.00000361. The summed E-state index contributed by atoms with van der Waals surface area (Å²) >= 11 is 14.4. The number of nitrogens with zero attached hydrogens (tertiary/aromatic N) is 3. The van der Waals surface area contributed by atoms with E-state index in [9.17, 15) is 14.7 Å². The van der Waals surface area contributed by atoms with Crippen molar-refractivity contribution in [2.75, 3.05) is 33.2 Å². The number of halogens is 2. The smallest absolute Gasteiger partial charge is 0.871 e. The molecule has 2 amide bonds. The first-order chi connectivity index (χ1) is 16.7. The Morgan fingerprint density at radius 3 is 2.36 bits per heavy atom. The van der Waals surface area contributed by atoms with E-state index in [1.54, 1.807) is 42.6 Å². The minimum Gasteiger partial charge on any atom is -0.871 e. The molecule has 36 heavy (non-hydrogen) atoms. The fourth-order valence-corrected chi connectivity index (χ4v) is 5.46. The van der Waals surface area contributed by atoms with Crippen LogP contribution in [0.3, 0.4) is 0 Å². The quantitative estimate of drug-likeness (QED) is 0.253. The van der Waals surface area contributed by atoms with Gasteiger partial charge in [-0.1, -0.05) is 35.0 Å². The van der Waals surface area contributed by atoms with Gasteiger partial charge in [-0.2, -0.15) is 5.10 Å². The van der Waals surface area contributed by atoms with E-state index in [1.807, 2.05) is 12.1 Å². The van der Waals surface area contributed by atoms with Crippen LogP contribution in [0.5, 0.6) is 5.75 Å². The standard InChI is InChI=1S/C23H23Cl2N5O3S2.K/c1-13(15-12-34-21(20(15)31)14-3-4-16(24)17(25)11-14)26-27-22(32)18-5-6-19(35-18)23(33)28-30-9-7-29(2)8-10-30;/h3-6,11-12,31H,7-10H2,1-2H3,(H,27,32)(H,28,33);/q;+1/p-1/b26-13+;. The van der Waals surface area contributed by atoms with Gasteiger partial charge < -0.3 is 10.0 Å². The Hall–Kier alpha value is -0.834. The zero-order valence-corrected chi connectivity index (χ0v) is 26.2. The molecule has 2 aromatic heterocycles. The molecule has 1 aliphatic rings.